The summed E-state index contributed by atoms with van der Waals surface area (Å²) < 4.78 is 5.27. The van der Waals surface area contributed by atoms with Gasteiger partial charge in [-0.15, -0.1) is 0 Å². The molecule has 0 aliphatic carbocycles. The van der Waals surface area contributed by atoms with Crippen LogP contribution in [0.1, 0.15) is 18.9 Å². The zero-order chi connectivity index (χ0) is 15.5. The lowest BCUT2D eigenvalue weighted by Crippen LogP contribution is -2.43. The van der Waals surface area contributed by atoms with Crippen molar-refractivity contribution in [2.45, 2.75) is 31.8 Å². The van der Waals surface area contributed by atoms with Crippen LogP contribution in [0.15, 0.2) is 24.4 Å². The summed E-state index contributed by atoms with van der Waals surface area (Å²) in [6.45, 7) is 2.68. The van der Waals surface area contributed by atoms with Gasteiger partial charge in [0.05, 0.1) is 7.11 Å². The van der Waals surface area contributed by atoms with Crippen LogP contribution in [0.2, 0.25) is 0 Å². The summed E-state index contributed by atoms with van der Waals surface area (Å²) in [5.74, 6) is 0.891. The van der Waals surface area contributed by atoms with Crippen molar-refractivity contribution < 1.29 is 9.53 Å². The van der Waals surface area contributed by atoms with Crippen molar-refractivity contribution in [3.05, 3.63) is 30.0 Å². The number of carbonyl (C=O) groups is 1. The molecule has 118 valence electrons. The number of hydrazine groups is 1. The maximum absolute atomic E-state index is 12.0. The van der Waals surface area contributed by atoms with Crippen LogP contribution in [-0.2, 0) is 11.2 Å². The molecule has 1 aliphatic heterocycles. The highest BCUT2D eigenvalue weighted by Gasteiger charge is 2.26. The summed E-state index contributed by atoms with van der Waals surface area (Å²) in [4.78, 5) is 15.3. The topological polar surface area (TPSA) is 78.2 Å². The van der Waals surface area contributed by atoms with E-state index in [4.69, 9.17) is 4.74 Å². The highest BCUT2D eigenvalue weighted by atomic mass is 16.5. The predicted molar refractivity (Wildman–Crippen MR) is 85.7 cm³/mol. The standard InChI is InChI=1S/C16H22N4O2/c1-10-7-15(20-19-10)16(21)17-6-5-11-9-18-14-4-3-12(22-2)8-13(11)14/h3-4,8-10,15,18-20H,5-7H2,1-2H3,(H,17,21). The van der Waals surface area contributed by atoms with Crippen LogP contribution in [-0.4, -0.2) is 36.6 Å². The fourth-order valence-electron chi connectivity index (χ4n) is 2.82. The molecule has 2 heterocycles. The molecule has 6 nitrogen and oxygen atoms in total. The van der Waals surface area contributed by atoms with Gasteiger partial charge < -0.3 is 15.0 Å². The zero-order valence-corrected chi connectivity index (χ0v) is 12.9. The number of benzene rings is 1. The number of rotatable bonds is 5. The smallest absolute Gasteiger partial charge is 0.238 e. The van der Waals surface area contributed by atoms with E-state index in [1.54, 1.807) is 7.11 Å². The van der Waals surface area contributed by atoms with Gasteiger partial charge >= 0.3 is 0 Å². The number of hydrogen-bond donors (Lipinski definition) is 4. The number of methoxy groups -OCH3 is 1. The van der Waals surface area contributed by atoms with Gasteiger partial charge in [0.2, 0.25) is 5.91 Å². The lowest BCUT2D eigenvalue weighted by atomic mass is 10.1. The quantitative estimate of drug-likeness (QED) is 0.667. The van der Waals surface area contributed by atoms with Crippen LogP contribution in [0.4, 0.5) is 0 Å². The Kier molecular flexibility index (Phi) is 4.31. The van der Waals surface area contributed by atoms with E-state index in [0.717, 1.165) is 29.5 Å². The summed E-state index contributed by atoms with van der Waals surface area (Å²) in [6.07, 6.45) is 3.60. The maximum Gasteiger partial charge on any atom is 0.238 e. The van der Waals surface area contributed by atoms with Crippen LogP contribution < -0.4 is 20.9 Å². The fraction of sp³-hybridized carbons (Fsp3) is 0.438. The molecule has 3 rings (SSSR count). The summed E-state index contributed by atoms with van der Waals surface area (Å²) in [5.41, 5.74) is 8.33. The minimum absolute atomic E-state index is 0.0503. The third-order valence-corrected chi connectivity index (χ3v) is 4.08. The molecule has 1 aliphatic rings. The number of fused-ring (bicyclic) bond motifs is 1. The summed E-state index contributed by atoms with van der Waals surface area (Å²) in [5, 5.41) is 4.13. The first-order valence-electron chi connectivity index (χ1n) is 7.60. The minimum atomic E-state index is -0.141. The van der Waals surface area contributed by atoms with Crippen molar-refractivity contribution in [1.82, 2.24) is 21.2 Å². The Labute approximate surface area is 129 Å². The minimum Gasteiger partial charge on any atom is -0.497 e. The van der Waals surface area contributed by atoms with Gasteiger partial charge in [0.25, 0.3) is 0 Å². The largest absolute Gasteiger partial charge is 0.497 e. The van der Waals surface area contributed by atoms with Crippen molar-refractivity contribution in [3.63, 3.8) is 0 Å². The fourth-order valence-corrected chi connectivity index (χ4v) is 2.82. The summed E-state index contributed by atoms with van der Waals surface area (Å²) >= 11 is 0. The molecule has 1 saturated heterocycles. The highest BCUT2D eigenvalue weighted by molar-refractivity contribution is 5.85. The van der Waals surface area contributed by atoms with E-state index in [2.05, 4.69) is 28.1 Å². The molecule has 1 aromatic carbocycles. The first kappa shape index (κ1) is 14.9. The van der Waals surface area contributed by atoms with Crippen LogP contribution in [0, 0.1) is 0 Å². The second-order valence-electron chi connectivity index (χ2n) is 5.74. The lowest BCUT2D eigenvalue weighted by Gasteiger charge is -2.10. The number of nitrogens with one attached hydrogen (secondary N) is 4. The molecule has 0 saturated carbocycles. The average Bonchev–Trinajstić information content (AvgIpc) is 3.13. The van der Waals surface area contributed by atoms with Crippen molar-refractivity contribution in [2.24, 2.45) is 0 Å². The van der Waals surface area contributed by atoms with Gasteiger partial charge in [0.15, 0.2) is 0 Å². The van der Waals surface area contributed by atoms with Gasteiger partial charge in [-0.1, -0.05) is 0 Å². The molecule has 22 heavy (non-hydrogen) atoms. The van der Waals surface area contributed by atoms with E-state index in [1.807, 2.05) is 24.4 Å². The Bertz CT molecular complexity index is 667. The molecule has 6 heteroatoms. The van der Waals surface area contributed by atoms with Gasteiger partial charge in [0, 0.05) is 29.7 Å². The van der Waals surface area contributed by atoms with Gasteiger partial charge in [-0.05, 0) is 43.5 Å². The number of aromatic amines is 1. The van der Waals surface area contributed by atoms with Crippen LogP contribution in [0.5, 0.6) is 5.75 Å². The molecule has 1 aromatic heterocycles. The van der Waals surface area contributed by atoms with Crippen molar-refractivity contribution in [2.75, 3.05) is 13.7 Å². The molecular weight excluding hydrogens is 280 g/mol. The summed E-state index contributed by atoms with van der Waals surface area (Å²) in [6, 6.07) is 6.15. The van der Waals surface area contributed by atoms with Crippen LogP contribution in [0.25, 0.3) is 10.9 Å². The lowest BCUT2D eigenvalue weighted by molar-refractivity contribution is -0.122. The Balaban J connectivity index is 1.58. The maximum atomic E-state index is 12.0. The van der Waals surface area contributed by atoms with Crippen molar-refractivity contribution in [1.29, 1.82) is 0 Å². The average molecular weight is 302 g/mol. The van der Waals surface area contributed by atoms with Gasteiger partial charge in [-0.3, -0.25) is 10.2 Å². The molecule has 1 amide bonds. The van der Waals surface area contributed by atoms with Crippen LogP contribution in [0.3, 0.4) is 0 Å². The molecule has 0 spiro atoms. The molecule has 2 unspecified atom stereocenters. The predicted octanol–water partition coefficient (Wildman–Crippen LogP) is 1.09. The van der Waals surface area contributed by atoms with E-state index < -0.39 is 0 Å². The zero-order valence-electron chi connectivity index (χ0n) is 12.9. The van der Waals surface area contributed by atoms with E-state index in [-0.39, 0.29) is 11.9 Å². The Hall–Kier alpha value is -2.05. The third kappa shape index (κ3) is 3.08. The normalized spacial score (nSPS) is 21.2. The molecule has 4 N–H and O–H groups in total. The van der Waals surface area contributed by atoms with E-state index in [0.29, 0.717) is 12.6 Å². The molecular formula is C16H22N4O2. The third-order valence-electron chi connectivity index (χ3n) is 4.08. The number of H-pyrrole nitrogens is 1. The van der Waals surface area contributed by atoms with Crippen molar-refractivity contribution >= 4 is 16.8 Å². The Morgan fingerprint density at radius 3 is 3.00 bits per heavy atom. The van der Waals surface area contributed by atoms with Crippen molar-refractivity contribution in [3.8, 4) is 5.75 Å². The van der Waals surface area contributed by atoms with Crippen LogP contribution >= 0.6 is 0 Å². The highest BCUT2D eigenvalue weighted by Crippen LogP contribution is 2.23. The number of amides is 1. The van der Waals surface area contributed by atoms with Gasteiger partial charge in [-0.2, -0.15) is 0 Å². The van der Waals surface area contributed by atoms with E-state index in [1.165, 1.54) is 5.56 Å². The Morgan fingerprint density at radius 2 is 2.27 bits per heavy atom. The number of ether oxygens (including phenoxy) is 1. The Morgan fingerprint density at radius 1 is 1.41 bits per heavy atom. The molecule has 0 bridgehead atoms. The first-order chi connectivity index (χ1) is 10.7. The first-order valence-corrected chi connectivity index (χ1v) is 7.60. The molecule has 2 atom stereocenters. The number of aromatic nitrogens is 1. The van der Waals surface area contributed by atoms with Gasteiger partial charge in [-0.25, -0.2) is 5.43 Å². The summed E-state index contributed by atoms with van der Waals surface area (Å²) in [7, 11) is 1.66. The number of carbonyl (C=O) groups excluding carboxylic acids is 1. The van der Waals surface area contributed by atoms with Gasteiger partial charge in [0.1, 0.15) is 11.8 Å². The molecule has 0 radical (unpaired) electrons. The number of hydrogen-bond acceptors (Lipinski definition) is 4. The second kappa shape index (κ2) is 6.37. The molecule has 2 aromatic rings. The SMILES string of the molecule is COc1ccc2[nH]cc(CCNC(=O)C3CC(C)NN3)c2c1. The second-order valence-corrected chi connectivity index (χ2v) is 5.74. The molecule has 1 fully saturated rings. The van der Waals surface area contributed by atoms with E-state index >= 15 is 0 Å². The monoisotopic (exact) mass is 302 g/mol. The van der Waals surface area contributed by atoms with E-state index in [9.17, 15) is 4.79 Å².